The van der Waals surface area contributed by atoms with Crippen molar-refractivity contribution in [3.63, 3.8) is 0 Å². The first-order valence-corrected chi connectivity index (χ1v) is 11.5. The third kappa shape index (κ3) is 5.10. The van der Waals surface area contributed by atoms with Crippen LogP contribution in [0, 0.1) is 10.8 Å². The molecule has 0 unspecified atom stereocenters. The molecule has 6 rings (SSSR count). The van der Waals surface area contributed by atoms with Crippen molar-refractivity contribution < 1.29 is 47.5 Å². The predicted octanol–water partition coefficient (Wildman–Crippen LogP) is 1.89. The van der Waals surface area contributed by atoms with Crippen LogP contribution in [0.15, 0.2) is 0 Å². The van der Waals surface area contributed by atoms with Crippen LogP contribution in [0.2, 0.25) is 0 Å². The fourth-order valence-electron chi connectivity index (χ4n) is 4.09. The molecule has 182 valence electrons. The maximum atomic E-state index is 12.1. The zero-order valence-electron chi connectivity index (χ0n) is 19.0. The Hall–Kier alpha value is -1.30. The summed E-state index contributed by atoms with van der Waals surface area (Å²) in [4.78, 5) is 24.2. The summed E-state index contributed by atoms with van der Waals surface area (Å²) < 4.78 is 44.8. The Kier molecular flexibility index (Phi) is 7.09. The van der Waals surface area contributed by atoms with Crippen molar-refractivity contribution in [3.8, 4) is 0 Å². The second-order valence-corrected chi connectivity index (χ2v) is 9.33. The number of fused-ring (bicyclic) bond motifs is 6. The van der Waals surface area contributed by atoms with E-state index in [0.717, 1.165) is 0 Å². The van der Waals surface area contributed by atoms with Crippen LogP contribution in [0.4, 0.5) is 0 Å². The molecule has 6 aliphatic rings. The molecule has 0 aromatic carbocycles. The van der Waals surface area contributed by atoms with Gasteiger partial charge in [-0.3, -0.25) is 9.59 Å². The van der Waals surface area contributed by atoms with Gasteiger partial charge in [0.05, 0.1) is 50.5 Å². The van der Waals surface area contributed by atoms with Crippen molar-refractivity contribution in [2.24, 2.45) is 10.8 Å². The van der Waals surface area contributed by atoms with Gasteiger partial charge in [0.25, 0.3) is 11.9 Å². The number of carbonyl (C=O) groups is 2. The minimum atomic E-state index is -0.929. The molecule has 0 N–H and O–H groups in total. The van der Waals surface area contributed by atoms with E-state index in [1.165, 1.54) is 0 Å². The number of carbonyl (C=O) groups excluding carboxylic acids is 2. The zero-order valence-corrected chi connectivity index (χ0v) is 19.0. The van der Waals surface area contributed by atoms with Gasteiger partial charge in [-0.2, -0.15) is 0 Å². The van der Waals surface area contributed by atoms with Crippen LogP contribution in [0.1, 0.15) is 52.4 Å². The molecule has 6 fully saturated rings. The standard InChI is InChI=1S/C22H34O10/c1-3-21-27-11-19(12-28-21,13-29-21)9-25-17(23)7-5-6-8-18(24)26-10-20-14-30-22(4-2,31-15-20)32-16-20/h3-16H2,1-2H3. The lowest BCUT2D eigenvalue weighted by molar-refractivity contribution is -0.470. The van der Waals surface area contributed by atoms with E-state index in [2.05, 4.69) is 0 Å². The molecule has 32 heavy (non-hydrogen) atoms. The first kappa shape index (κ1) is 23.8. The molecule has 0 aromatic heterocycles. The van der Waals surface area contributed by atoms with Gasteiger partial charge in [0.2, 0.25) is 0 Å². The van der Waals surface area contributed by atoms with Crippen molar-refractivity contribution in [2.75, 3.05) is 52.9 Å². The highest BCUT2D eigenvalue weighted by molar-refractivity contribution is 5.70. The summed E-state index contributed by atoms with van der Waals surface area (Å²) in [6.07, 6.45) is 2.79. The highest BCUT2D eigenvalue weighted by Crippen LogP contribution is 2.41. The molecule has 10 heteroatoms. The average molecular weight is 459 g/mol. The van der Waals surface area contributed by atoms with Gasteiger partial charge in [0.15, 0.2) is 0 Å². The molecule has 6 aliphatic heterocycles. The molecule has 6 heterocycles. The molecule has 0 amide bonds. The minimum Gasteiger partial charge on any atom is -0.465 e. The molecule has 0 aromatic rings. The Balaban J connectivity index is 1.07. The van der Waals surface area contributed by atoms with E-state index < -0.39 is 22.8 Å². The van der Waals surface area contributed by atoms with E-state index in [1.54, 1.807) is 0 Å². The topological polar surface area (TPSA) is 108 Å². The highest BCUT2D eigenvalue weighted by Gasteiger charge is 2.53. The fourth-order valence-corrected chi connectivity index (χ4v) is 4.09. The molecule has 0 atom stereocenters. The van der Waals surface area contributed by atoms with Crippen LogP contribution in [-0.4, -0.2) is 76.7 Å². The number of hydrogen-bond donors (Lipinski definition) is 0. The number of unbranched alkanes of at least 4 members (excludes halogenated alkanes) is 1. The van der Waals surface area contributed by atoms with Crippen LogP contribution in [0.25, 0.3) is 0 Å². The summed E-state index contributed by atoms with van der Waals surface area (Å²) >= 11 is 0. The van der Waals surface area contributed by atoms with Crippen molar-refractivity contribution in [3.05, 3.63) is 0 Å². The number of hydrogen-bond acceptors (Lipinski definition) is 10. The Labute approximate surface area is 188 Å². The molecular formula is C22H34O10. The van der Waals surface area contributed by atoms with E-state index in [9.17, 15) is 9.59 Å². The minimum absolute atomic E-state index is 0.196. The van der Waals surface area contributed by atoms with Crippen LogP contribution in [0.3, 0.4) is 0 Å². The summed E-state index contributed by atoms with van der Waals surface area (Å²) in [5.41, 5.74) is -0.885. The Morgan fingerprint density at radius 2 is 0.938 bits per heavy atom. The van der Waals surface area contributed by atoms with Crippen LogP contribution < -0.4 is 0 Å². The summed E-state index contributed by atoms with van der Waals surface area (Å²) in [5, 5.41) is 0. The molecule has 6 saturated heterocycles. The first-order chi connectivity index (χ1) is 15.4. The SMILES string of the molecule is CCC12OCC(COC(=O)CCCCC(=O)OCC34COC(CC)(OC3)OC4)(CO1)CO2. The monoisotopic (exact) mass is 458 g/mol. The predicted molar refractivity (Wildman–Crippen MR) is 107 cm³/mol. The van der Waals surface area contributed by atoms with E-state index >= 15 is 0 Å². The quantitative estimate of drug-likeness (QED) is 0.336. The van der Waals surface area contributed by atoms with Gasteiger partial charge in [0.1, 0.15) is 13.2 Å². The Morgan fingerprint density at radius 3 is 1.22 bits per heavy atom. The van der Waals surface area contributed by atoms with Gasteiger partial charge in [0, 0.05) is 25.7 Å². The van der Waals surface area contributed by atoms with Gasteiger partial charge >= 0.3 is 11.9 Å². The first-order valence-electron chi connectivity index (χ1n) is 11.5. The molecule has 4 bridgehead atoms. The second-order valence-electron chi connectivity index (χ2n) is 9.33. The van der Waals surface area contributed by atoms with Crippen molar-refractivity contribution in [2.45, 2.75) is 64.3 Å². The zero-order chi connectivity index (χ0) is 22.7. The molecule has 0 aliphatic carbocycles. The molecule has 10 nitrogen and oxygen atoms in total. The van der Waals surface area contributed by atoms with Gasteiger partial charge in [-0.25, -0.2) is 0 Å². The third-order valence-corrected chi connectivity index (χ3v) is 6.55. The van der Waals surface area contributed by atoms with E-state index in [-0.39, 0.29) is 38.0 Å². The van der Waals surface area contributed by atoms with Gasteiger partial charge in [-0.15, -0.1) is 0 Å². The summed E-state index contributed by atoms with van der Waals surface area (Å²) in [7, 11) is 0. The lowest BCUT2D eigenvalue weighted by atomic mass is 9.89. The van der Waals surface area contributed by atoms with Gasteiger partial charge in [-0.05, 0) is 12.8 Å². The average Bonchev–Trinajstić information content (AvgIpc) is 2.86. The maximum Gasteiger partial charge on any atom is 0.305 e. The van der Waals surface area contributed by atoms with Gasteiger partial charge in [-0.1, -0.05) is 13.8 Å². The second kappa shape index (κ2) is 9.52. The largest absolute Gasteiger partial charge is 0.465 e. The Bertz CT molecular complexity index is 585. The van der Waals surface area contributed by atoms with E-state index in [0.29, 0.717) is 65.3 Å². The molecule has 0 saturated carbocycles. The fraction of sp³-hybridized carbons (Fsp3) is 0.909. The molecule has 0 spiro atoms. The van der Waals surface area contributed by atoms with Gasteiger partial charge < -0.3 is 37.9 Å². The van der Waals surface area contributed by atoms with Crippen molar-refractivity contribution >= 4 is 11.9 Å². The van der Waals surface area contributed by atoms with Crippen molar-refractivity contribution in [1.29, 1.82) is 0 Å². The third-order valence-electron chi connectivity index (χ3n) is 6.55. The number of esters is 2. The van der Waals surface area contributed by atoms with Crippen LogP contribution in [0.5, 0.6) is 0 Å². The highest BCUT2D eigenvalue weighted by atomic mass is 16.9. The van der Waals surface area contributed by atoms with Crippen molar-refractivity contribution in [1.82, 2.24) is 0 Å². The summed E-state index contributed by atoms with van der Waals surface area (Å²) in [6.45, 7) is 6.94. The normalized spacial score (nSPS) is 37.9. The smallest absolute Gasteiger partial charge is 0.305 e. The number of ether oxygens (including phenoxy) is 8. The number of rotatable bonds is 11. The summed E-state index contributed by atoms with van der Waals surface area (Å²) in [5.74, 6) is -2.47. The summed E-state index contributed by atoms with van der Waals surface area (Å²) in [6, 6.07) is 0. The Morgan fingerprint density at radius 1 is 0.625 bits per heavy atom. The molecular weight excluding hydrogens is 424 g/mol. The van der Waals surface area contributed by atoms with E-state index in [1.807, 2.05) is 13.8 Å². The van der Waals surface area contributed by atoms with Crippen LogP contribution in [-0.2, 0) is 47.5 Å². The molecule has 0 radical (unpaired) electrons. The van der Waals surface area contributed by atoms with E-state index in [4.69, 9.17) is 37.9 Å². The van der Waals surface area contributed by atoms with Crippen LogP contribution >= 0.6 is 0 Å². The lowest BCUT2D eigenvalue weighted by Gasteiger charge is -2.51. The maximum absolute atomic E-state index is 12.1. The lowest BCUT2D eigenvalue weighted by Crippen LogP contribution is -2.61.